The van der Waals surface area contributed by atoms with Crippen molar-refractivity contribution in [2.75, 3.05) is 0 Å². The van der Waals surface area contributed by atoms with Crippen molar-refractivity contribution in [3.05, 3.63) is 53.9 Å². The molecule has 0 bridgehead atoms. The lowest BCUT2D eigenvalue weighted by atomic mass is 9.87. The van der Waals surface area contributed by atoms with E-state index in [1.165, 1.54) is 6.07 Å². The van der Waals surface area contributed by atoms with Crippen molar-refractivity contribution in [3.8, 4) is 0 Å². The second kappa shape index (κ2) is 4.90. The molecule has 1 heterocycles. The zero-order valence-electron chi connectivity index (χ0n) is 10.6. The van der Waals surface area contributed by atoms with Gasteiger partial charge in [0.15, 0.2) is 0 Å². The molecule has 3 nitrogen and oxygen atoms in total. The molecule has 0 aliphatic carbocycles. The Morgan fingerprint density at radius 3 is 2.67 bits per heavy atom. The lowest BCUT2D eigenvalue weighted by Crippen LogP contribution is -2.30. The molecule has 1 unspecified atom stereocenters. The molecule has 1 atom stereocenters. The standard InChI is InChI=1S/C14H17FN2O/c1-3-14(18,10-13-16-8-9-17(13)2)11-6-4-5-7-12(11)15/h4-9,18H,3,10H2,1-2H3. The average Bonchev–Trinajstić information content (AvgIpc) is 2.75. The number of halogens is 1. The van der Waals surface area contributed by atoms with Gasteiger partial charge in [-0.1, -0.05) is 25.1 Å². The van der Waals surface area contributed by atoms with Gasteiger partial charge in [0.1, 0.15) is 11.6 Å². The molecule has 0 radical (unpaired) electrons. The second-order valence-corrected chi connectivity index (χ2v) is 4.50. The Balaban J connectivity index is 2.37. The molecule has 2 rings (SSSR count). The molecule has 1 aromatic carbocycles. The Morgan fingerprint density at radius 2 is 2.11 bits per heavy atom. The predicted octanol–water partition coefficient (Wildman–Crippen LogP) is 2.40. The number of aromatic nitrogens is 2. The Kier molecular flexibility index (Phi) is 3.48. The van der Waals surface area contributed by atoms with Crippen LogP contribution in [0.4, 0.5) is 4.39 Å². The summed E-state index contributed by atoms with van der Waals surface area (Å²) in [6, 6.07) is 6.35. The van der Waals surface area contributed by atoms with Gasteiger partial charge < -0.3 is 9.67 Å². The van der Waals surface area contributed by atoms with Crippen LogP contribution in [0.15, 0.2) is 36.7 Å². The van der Waals surface area contributed by atoms with Gasteiger partial charge >= 0.3 is 0 Å². The summed E-state index contributed by atoms with van der Waals surface area (Å²) in [6.07, 6.45) is 4.22. The summed E-state index contributed by atoms with van der Waals surface area (Å²) in [4.78, 5) is 4.18. The number of rotatable bonds is 4. The quantitative estimate of drug-likeness (QED) is 0.902. The Labute approximate surface area is 106 Å². The molecule has 1 N–H and O–H groups in total. The first-order valence-electron chi connectivity index (χ1n) is 6.00. The number of benzene rings is 1. The smallest absolute Gasteiger partial charge is 0.129 e. The third-order valence-corrected chi connectivity index (χ3v) is 3.33. The van der Waals surface area contributed by atoms with E-state index in [1.807, 2.05) is 24.7 Å². The van der Waals surface area contributed by atoms with Crippen LogP contribution in [0, 0.1) is 5.82 Å². The van der Waals surface area contributed by atoms with Crippen molar-refractivity contribution in [2.45, 2.75) is 25.4 Å². The molecule has 0 fully saturated rings. The van der Waals surface area contributed by atoms with E-state index in [4.69, 9.17) is 0 Å². The average molecular weight is 248 g/mol. The Hall–Kier alpha value is -1.68. The molecule has 4 heteroatoms. The van der Waals surface area contributed by atoms with Crippen LogP contribution in [0.1, 0.15) is 24.7 Å². The van der Waals surface area contributed by atoms with Crippen LogP contribution in [0.3, 0.4) is 0 Å². The highest BCUT2D eigenvalue weighted by atomic mass is 19.1. The molecule has 0 aliphatic heterocycles. The van der Waals surface area contributed by atoms with Gasteiger partial charge in [0.05, 0.1) is 5.60 Å². The Bertz CT molecular complexity index is 538. The number of nitrogens with zero attached hydrogens (tertiary/aromatic N) is 2. The maximum Gasteiger partial charge on any atom is 0.129 e. The van der Waals surface area contributed by atoms with E-state index < -0.39 is 5.60 Å². The first-order valence-corrected chi connectivity index (χ1v) is 6.00. The first-order chi connectivity index (χ1) is 8.57. The van der Waals surface area contributed by atoms with Gasteiger partial charge in [-0.2, -0.15) is 0 Å². The van der Waals surface area contributed by atoms with Crippen molar-refractivity contribution in [3.63, 3.8) is 0 Å². The minimum Gasteiger partial charge on any atom is -0.385 e. The molecular weight excluding hydrogens is 231 g/mol. The van der Waals surface area contributed by atoms with Crippen LogP contribution in [0.2, 0.25) is 0 Å². The summed E-state index contributed by atoms with van der Waals surface area (Å²) in [5, 5.41) is 10.7. The van der Waals surface area contributed by atoms with Crippen molar-refractivity contribution >= 4 is 0 Å². The zero-order chi connectivity index (χ0) is 13.2. The summed E-state index contributed by atoms with van der Waals surface area (Å²) >= 11 is 0. The summed E-state index contributed by atoms with van der Waals surface area (Å²) in [5.41, 5.74) is -0.889. The van der Waals surface area contributed by atoms with Gasteiger partial charge in [0.25, 0.3) is 0 Å². The van der Waals surface area contributed by atoms with Crippen LogP contribution in [0.25, 0.3) is 0 Å². The summed E-state index contributed by atoms with van der Waals surface area (Å²) in [6.45, 7) is 1.84. The maximum absolute atomic E-state index is 13.8. The largest absolute Gasteiger partial charge is 0.385 e. The van der Waals surface area contributed by atoms with Gasteiger partial charge in [-0.25, -0.2) is 9.37 Å². The molecule has 2 aromatic rings. The fourth-order valence-electron chi connectivity index (χ4n) is 2.08. The third kappa shape index (κ3) is 2.29. The van der Waals surface area contributed by atoms with Crippen molar-refractivity contribution < 1.29 is 9.50 Å². The summed E-state index contributed by atoms with van der Waals surface area (Å²) < 4.78 is 15.6. The van der Waals surface area contributed by atoms with E-state index in [9.17, 15) is 9.50 Å². The molecule has 0 spiro atoms. The van der Waals surface area contributed by atoms with E-state index in [2.05, 4.69) is 4.98 Å². The molecule has 0 saturated heterocycles. The summed E-state index contributed by atoms with van der Waals surface area (Å²) in [5.74, 6) is 0.360. The van der Waals surface area contributed by atoms with E-state index in [0.717, 1.165) is 5.82 Å². The lowest BCUT2D eigenvalue weighted by Gasteiger charge is -2.27. The van der Waals surface area contributed by atoms with Gasteiger partial charge in [0, 0.05) is 31.4 Å². The lowest BCUT2D eigenvalue weighted by molar-refractivity contribution is 0.0266. The number of hydrogen-bond donors (Lipinski definition) is 1. The first kappa shape index (κ1) is 12.8. The second-order valence-electron chi connectivity index (χ2n) is 4.50. The SMILES string of the molecule is CCC(O)(Cc1nccn1C)c1ccccc1F. The molecule has 0 aliphatic rings. The maximum atomic E-state index is 13.8. The van der Waals surface area contributed by atoms with Gasteiger partial charge in [-0.05, 0) is 12.5 Å². The van der Waals surface area contributed by atoms with Crippen molar-refractivity contribution in [2.24, 2.45) is 7.05 Å². The minimum absolute atomic E-state index is 0.300. The predicted molar refractivity (Wildman–Crippen MR) is 67.5 cm³/mol. The number of hydrogen-bond acceptors (Lipinski definition) is 2. The van der Waals surface area contributed by atoms with Crippen molar-refractivity contribution in [1.82, 2.24) is 9.55 Å². The van der Waals surface area contributed by atoms with Gasteiger partial charge in [-0.3, -0.25) is 0 Å². The molecular formula is C14H17FN2O. The van der Waals surface area contributed by atoms with Crippen LogP contribution in [-0.2, 0) is 19.1 Å². The van der Waals surface area contributed by atoms with E-state index in [1.54, 1.807) is 24.4 Å². The molecule has 1 aromatic heterocycles. The van der Waals surface area contributed by atoms with Crippen LogP contribution >= 0.6 is 0 Å². The number of aliphatic hydroxyl groups is 1. The fraction of sp³-hybridized carbons (Fsp3) is 0.357. The fourth-order valence-corrected chi connectivity index (χ4v) is 2.08. The topological polar surface area (TPSA) is 38.1 Å². The van der Waals surface area contributed by atoms with Gasteiger partial charge in [0.2, 0.25) is 0 Å². The highest BCUT2D eigenvalue weighted by Gasteiger charge is 2.31. The third-order valence-electron chi connectivity index (χ3n) is 3.33. The summed E-state index contributed by atoms with van der Waals surface area (Å²) in [7, 11) is 1.86. The van der Waals surface area contributed by atoms with Gasteiger partial charge in [-0.15, -0.1) is 0 Å². The normalized spacial score (nSPS) is 14.4. The number of aryl methyl sites for hydroxylation is 1. The van der Waals surface area contributed by atoms with E-state index in [0.29, 0.717) is 18.4 Å². The Morgan fingerprint density at radius 1 is 1.39 bits per heavy atom. The van der Waals surface area contributed by atoms with Crippen LogP contribution < -0.4 is 0 Å². The van der Waals surface area contributed by atoms with E-state index in [-0.39, 0.29) is 5.82 Å². The molecule has 0 saturated carbocycles. The number of imidazole rings is 1. The zero-order valence-corrected chi connectivity index (χ0v) is 10.6. The van der Waals surface area contributed by atoms with Crippen LogP contribution in [-0.4, -0.2) is 14.7 Å². The molecule has 0 amide bonds. The minimum atomic E-state index is -1.22. The highest BCUT2D eigenvalue weighted by molar-refractivity contribution is 5.25. The molecule has 96 valence electrons. The highest BCUT2D eigenvalue weighted by Crippen LogP contribution is 2.30. The molecule has 18 heavy (non-hydrogen) atoms. The monoisotopic (exact) mass is 248 g/mol. The van der Waals surface area contributed by atoms with E-state index >= 15 is 0 Å². The van der Waals surface area contributed by atoms with Crippen LogP contribution in [0.5, 0.6) is 0 Å². The van der Waals surface area contributed by atoms with Crippen molar-refractivity contribution in [1.29, 1.82) is 0 Å².